The van der Waals surface area contributed by atoms with Crippen molar-refractivity contribution in [2.24, 2.45) is 0 Å². The summed E-state index contributed by atoms with van der Waals surface area (Å²) in [6.07, 6.45) is 2.37. The molecule has 0 aromatic carbocycles. The fourth-order valence-electron chi connectivity index (χ4n) is 2.05. The number of hydrogen-bond acceptors (Lipinski definition) is 6. The van der Waals surface area contributed by atoms with E-state index < -0.39 is 12.1 Å². The zero-order chi connectivity index (χ0) is 15.4. The molecule has 0 saturated carbocycles. The third-order valence-electron chi connectivity index (χ3n) is 3.14. The van der Waals surface area contributed by atoms with Gasteiger partial charge in [-0.3, -0.25) is 9.59 Å². The Morgan fingerprint density at radius 2 is 2.19 bits per heavy atom. The van der Waals surface area contributed by atoms with Gasteiger partial charge in [-0.15, -0.1) is 0 Å². The minimum Gasteiger partial charge on any atom is -0.481 e. The summed E-state index contributed by atoms with van der Waals surface area (Å²) in [5.41, 5.74) is 0.247. The molecule has 1 aromatic heterocycles. The lowest BCUT2D eigenvalue weighted by Gasteiger charge is -2.32. The van der Waals surface area contributed by atoms with E-state index >= 15 is 0 Å². The van der Waals surface area contributed by atoms with Gasteiger partial charge in [0.25, 0.3) is 5.91 Å². The minimum atomic E-state index is -0.940. The summed E-state index contributed by atoms with van der Waals surface area (Å²) < 4.78 is 5.34. The summed E-state index contributed by atoms with van der Waals surface area (Å²) in [5.74, 6) is -0.534. The van der Waals surface area contributed by atoms with Gasteiger partial charge < -0.3 is 19.6 Å². The first-order chi connectivity index (χ1) is 9.97. The van der Waals surface area contributed by atoms with Crippen molar-refractivity contribution in [3.63, 3.8) is 0 Å². The van der Waals surface area contributed by atoms with E-state index in [2.05, 4.69) is 9.97 Å². The molecule has 1 aliphatic heterocycles. The zero-order valence-electron chi connectivity index (χ0n) is 12.0. The Morgan fingerprint density at radius 3 is 2.76 bits per heavy atom. The second kappa shape index (κ2) is 6.49. The molecular weight excluding hydrogens is 276 g/mol. The molecule has 2 rings (SSSR count). The number of carboxylic acids is 1. The van der Waals surface area contributed by atoms with Gasteiger partial charge in [-0.2, -0.15) is 0 Å². The number of aromatic nitrogens is 2. The molecule has 0 aliphatic carbocycles. The molecule has 8 nitrogen and oxygen atoms in total. The molecule has 21 heavy (non-hydrogen) atoms. The summed E-state index contributed by atoms with van der Waals surface area (Å²) in [7, 11) is 3.67. The lowest BCUT2D eigenvalue weighted by atomic mass is 10.2. The van der Waals surface area contributed by atoms with Crippen molar-refractivity contribution in [2.75, 3.05) is 38.7 Å². The van der Waals surface area contributed by atoms with E-state index in [9.17, 15) is 9.59 Å². The first-order valence-electron chi connectivity index (χ1n) is 6.59. The number of carbonyl (C=O) groups is 2. The summed E-state index contributed by atoms with van der Waals surface area (Å²) >= 11 is 0. The van der Waals surface area contributed by atoms with Crippen molar-refractivity contribution in [1.82, 2.24) is 14.9 Å². The monoisotopic (exact) mass is 294 g/mol. The highest BCUT2D eigenvalue weighted by molar-refractivity contribution is 5.92. The SMILES string of the molecule is CN(C)c1cnc(C(=O)N2CCOC(CC(=O)O)C2)cn1. The average molecular weight is 294 g/mol. The second-order valence-electron chi connectivity index (χ2n) is 5.00. The van der Waals surface area contributed by atoms with Crippen LogP contribution in [0.25, 0.3) is 0 Å². The Morgan fingerprint density at radius 1 is 1.43 bits per heavy atom. The lowest BCUT2D eigenvalue weighted by Crippen LogP contribution is -2.46. The van der Waals surface area contributed by atoms with Crippen molar-refractivity contribution >= 4 is 17.7 Å². The minimum absolute atomic E-state index is 0.116. The predicted molar refractivity (Wildman–Crippen MR) is 74.3 cm³/mol. The fraction of sp³-hybridized carbons (Fsp3) is 0.538. The van der Waals surface area contributed by atoms with Gasteiger partial charge in [0.05, 0.1) is 31.5 Å². The van der Waals surface area contributed by atoms with Gasteiger partial charge in [0.2, 0.25) is 0 Å². The Kier molecular flexibility index (Phi) is 4.69. The van der Waals surface area contributed by atoms with Gasteiger partial charge in [-0.1, -0.05) is 0 Å². The first-order valence-corrected chi connectivity index (χ1v) is 6.59. The molecule has 1 amide bonds. The van der Waals surface area contributed by atoms with Crippen LogP contribution in [0.2, 0.25) is 0 Å². The number of aliphatic carboxylic acids is 1. The maximum atomic E-state index is 12.3. The number of rotatable bonds is 4. The number of carbonyl (C=O) groups excluding carboxylic acids is 1. The molecule has 1 fully saturated rings. The van der Waals surface area contributed by atoms with E-state index in [4.69, 9.17) is 9.84 Å². The standard InChI is InChI=1S/C13H18N4O4/c1-16(2)11-7-14-10(6-15-11)13(20)17-3-4-21-9(8-17)5-12(18)19/h6-7,9H,3-5,8H2,1-2H3,(H,18,19). The molecule has 8 heteroatoms. The van der Waals surface area contributed by atoms with Crippen molar-refractivity contribution in [2.45, 2.75) is 12.5 Å². The van der Waals surface area contributed by atoms with Crippen LogP contribution in [0.5, 0.6) is 0 Å². The highest BCUT2D eigenvalue weighted by Gasteiger charge is 2.27. The molecule has 114 valence electrons. The van der Waals surface area contributed by atoms with E-state index in [-0.39, 0.29) is 24.6 Å². The summed E-state index contributed by atoms with van der Waals surface area (Å²) in [6, 6.07) is 0. The quantitative estimate of drug-likeness (QED) is 0.825. The number of nitrogens with zero attached hydrogens (tertiary/aromatic N) is 4. The molecule has 0 bridgehead atoms. The maximum absolute atomic E-state index is 12.3. The summed E-state index contributed by atoms with van der Waals surface area (Å²) in [5, 5.41) is 8.78. The molecule has 1 N–H and O–H groups in total. The normalized spacial score (nSPS) is 18.4. The van der Waals surface area contributed by atoms with Crippen LogP contribution in [0.4, 0.5) is 5.82 Å². The topological polar surface area (TPSA) is 95.9 Å². The van der Waals surface area contributed by atoms with Crippen molar-refractivity contribution in [1.29, 1.82) is 0 Å². The van der Waals surface area contributed by atoms with E-state index in [0.717, 1.165) is 0 Å². The van der Waals surface area contributed by atoms with Crippen LogP contribution in [-0.4, -0.2) is 71.7 Å². The smallest absolute Gasteiger partial charge is 0.306 e. The summed E-state index contributed by atoms with van der Waals surface area (Å²) in [4.78, 5) is 34.6. The Hall–Kier alpha value is -2.22. The van der Waals surface area contributed by atoms with Gasteiger partial charge in [0, 0.05) is 27.2 Å². The lowest BCUT2D eigenvalue weighted by molar-refractivity contribution is -0.141. The molecule has 1 atom stereocenters. The van der Waals surface area contributed by atoms with Crippen molar-refractivity contribution < 1.29 is 19.4 Å². The largest absolute Gasteiger partial charge is 0.481 e. The Labute approximate surface area is 122 Å². The van der Waals surface area contributed by atoms with Gasteiger partial charge in [0.15, 0.2) is 0 Å². The number of morpholine rings is 1. The molecular formula is C13H18N4O4. The maximum Gasteiger partial charge on any atom is 0.306 e. The van der Waals surface area contributed by atoms with Crippen LogP contribution < -0.4 is 4.90 Å². The van der Waals surface area contributed by atoms with Crippen LogP contribution in [0.3, 0.4) is 0 Å². The van der Waals surface area contributed by atoms with Gasteiger partial charge in [-0.05, 0) is 0 Å². The van der Waals surface area contributed by atoms with Crippen LogP contribution >= 0.6 is 0 Å². The highest BCUT2D eigenvalue weighted by Crippen LogP contribution is 2.12. The highest BCUT2D eigenvalue weighted by atomic mass is 16.5. The third kappa shape index (κ3) is 3.88. The van der Waals surface area contributed by atoms with Gasteiger partial charge in [-0.25, -0.2) is 9.97 Å². The Bertz CT molecular complexity index is 517. The van der Waals surface area contributed by atoms with Gasteiger partial charge >= 0.3 is 5.97 Å². The van der Waals surface area contributed by atoms with Crippen LogP contribution in [0.1, 0.15) is 16.9 Å². The number of carboxylic acid groups (broad SMARTS) is 1. The van der Waals surface area contributed by atoms with Gasteiger partial charge in [0.1, 0.15) is 11.5 Å². The molecule has 1 aliphatic rings. The number of anilines is 1. The zero-order valence-corrected chi connectivity index (χ0v) is 12.0. The molecule has 1 aromatic rings. The first kappa shape index (κ1) is 15.2. The van der Waals surface area contributed by atoms with Crippen LogP contribution in [0, 0.1) is 0 Å². The van der Waals surface area contributed by atoms with E-state index in [1.165, 1.54) is 12.4 Å². The summed E-state index contributed by atoms with van der Waals surface area (Å²) in [6.45, 7) is 1.00. The average Bonchev–Trinajstić information content (AvgIpc) is 2.46. The number of ether oxygens (including phenoxy) is 1. The molecule has 0 radical (unpaired) electrons. The molecule has 1 saturated heterocycles. The van der Waals surface area contributed by atoms with Crippen molar-refractivity contribution in [3.05, 3.63) is 18.1 Å². The third-order valence-corrected chi connectivity index (χ3v) is 3.14. The predicted octanol–water partition coefficient (Wildman–Crippen LogP) is -0.142. The van der Waals surface area contributed by atoms with Crippen molar-refractivity contribution in [3.8, 4) is 0 Å². The van der Waals surface area contributed by atoms with E-state index in [0.29, 0.717) is 19.0 Å². The van der Waals surface area contributed by atoms with E-state index in [1.54, 1.807) is 9.80 Å². The molecule has 0 spiro atoms. The number of hydrogen-bond donors (Lipinski definition) is 1. The molecule has 1 unspecified atom stereocenters. The van der Waals surface area contributed by atoms with E-state index in [1.807, 2.05) is 14.1 Å². The molecule has 2 heterocycles. The van der Waals surface area contributed by atoms with Crippen LogP contribution in [-0.2, 0) is 9.53 Å². The second-order valence-corrected chi connectivity index (χ2v) is 5.00. The fourth-order valence-corrected chi connectivity index (χ4v) is 2.05. The number of amides is 1. The Balaban J connectivity index is 2.03. The van der Waals surface area contributed by atoms with Crippen LogP contribution in [0.15, 0.2) is 12.4 Å².